The van der Waals surface area contributed by atoms with Crippen molar-refractivity contribution in [3.8, 4) is 0 Å². The lowest BCUT2D eigenvalue weighted by Crippen LogP contribution is -2.47. The summed E-state index contributed by atoms with van der Waals surface area (Å²) < 4.78 is 3.87. The second-order valence-electron chi connectivity index (χ2n) is 8.34. The van der Waals surface area contributed by atoms with Crippen LogP contribution in [0.1, 0.15) is 65.3 Å². The van der Waals surface area contributed by atoms with Crippen LogP contribution in [0.2, 0.25) is 0 Å². The fourth-order valence-electron chi connectivity index (χ4n) is 4.32. The summed E-state index contributed by atoms with van der Waals surface area (Å²) in [7, 11) is 0. The molecule has 3 aromatic rings. The van der Waals surface area contributed by atoms with E-state index in [0.29, 0.717) is 5.69 Å². The maximum Gasteiger partial charge on any atom is 0.280 e. The van der Waals surface area contributed by atoms with Crippen LogP contribution < -0.4 is 10.2 Å². The number of aryl methyl sites for hydroxylation is 1. The number of carbonyl (C=O) groups is 2. The summed E-state index contributed by atoms with van der Waals surface area (Å²) in [6, 6.07) is 14.6. The van der Waals surface area contributed by atoms with Gasteiger partial charge in [0.05, 0.1) is 0 Å². The summed E-state index contributed by atoms with van der Waals surface area (Å²) in [4.78, 5) is 29.1. The summed E-state index contributed by atoms with van der Waals surface area (Å²) in [6.07, 6.45) is 5.38. The zero-order chi connectivity index (χ0) is 22.5. The molecule has 0 saturated heterocycles. The van der Waals surface area contributed by atoms with Gasteiger partial charge < -0.3 is 5.32 Å². The molecule has 6 nitrogen and oxygen atoms in total. The number of nitrogens with zero attached hydrogens (tertiary/aromatic N) is 3. The second kappa shape index (κ2) is 10.0. The average Bonchev–Trinajstić information content (AvgIpc) is 3.35. The molecule has 2 aromatic carbocycles. The molecule has 32 heavy (non-hydrogen) atoms. The van der Waals surface area contributed by atoms with Crippen LogP contribution in [0.4, 0.5) is 5.69 Å². The first kappa shape index (κ1) is 22.1. The van der Waals surface area contributed by atoms with Gasteiger partial charge in [-0.15, -0.1) is 5.10 Å². The van der Waals surface area contributed by atoms with Crippen molar-refractivity contribution in [2.75, 3.05) is 4.90 Å². The highest BCUT2D eigenvalue weighted by molar-refractivity contribution is 7.03. The second-order valence-corrected chi connectivity index (χ2v) is 8.95. The molecule has 7 heteroatoms. The minimum Gasteiger partial charge on any atom is -0.351 e. The van der Waals surface area contributed by atoms with E-state index in [4.69, 9.17) is 0 Å². The summed E-state index contributed by atoms with van der Waals surface area (Å²) in [6.45, 7) is 3.98. The zero-order valence-corrected chi connectivity index (χ0v) is 19.3. The summed E-state index contributed by atoms with van der Waals surface area (Å²) >= 11 is 1.12. The molecule has 1 fully saturated rings. The smallest absolute Gasteiger partial charge is 0.280 e. The van der Waals surface area contributed by atoms with E-state index in [1.807, 2.05) is 62.4 Å². The molecule has 1 saturated carbocycles. The zero-order valence-electron chi connectivity index (χ0n) is 18.5. The van der Waals surface area contributed by atoms with Gasteiger partial charge in [0.25, 0.3) is 5.91 Å². The number of carbonyl (C=O) groups excluding carboxylic acids is 2. The molecule has 0 bridgehead atoms. The highest BCUT2D eigenvalue weighted by Crippen LogP contribution is 2.33. The van der Waals surface area contributed by atoms with E-state index in [0.717, 1.165) is 53.9 Å². The van der Waals surface area contributed by atoms with Crippen LogP contribution in [0.5, 0.6) is 0 Å². The molecule has 1 N–H and O–H groups in total. The Kier molecular flexibility index (Phi) is 6.95. The highest BCUT2D eigenvalue weighted by Gasteiger charge is 2.36. The third kappa shape index (κ3) is 4.72. The standard InChI is InChI=1S/C25H28N4O2S/c1-17-10-9-15-22(18(17)2)29(25(31)21-16-32-28-27-21)23(19-11-5-3-6-12-19)24(30)26-20-13-7-4-8-14-20/h3,5-6,9-12,15-16,20,23H,4,7-8,13-14H2,1-2H3,(H,26,30)/t23-/m1/s1. The van der Waals surface area contributed by atoms with Gasteiger partial charge in [-0.3, -0.25) is 14.5 Å². The summed E-state index contributed by atoms with van der Waals surface area (Å²) in [5, 5.41) is 8.87. The van der Waals surface area contributed by atoms with Crippen LogP contribution in [0, 0.1) is 13.8 Å². The number of hydrogen-bond acceptors (Lipinski definition) is 5. The lowest BCUT2D eigenvalue weighted by Gasteiger charge is -2.34. The van der Waals surface area contributed by atoms with Gasteiger partial charge in [0.1, 0.15) is 6.04 Å². The molecule has 0 unspecified atom stereocenters. The van der Waals surface area contributed by atoms with Gasteiger partial charge in [0.15, 0.2) is 5.69 Å². The third-order valence-corrected chi connectivity index (χ3v) is 6.71. The number of hydrogen-bond donors (Lipinski definition) is 1. The van der Waals surface area contributed by atoms with Gasteiger partial charge in [-0.2, -0.15) is 0 Å². The van der Waals surface area contributed by atoms with Crippen LogP contribution in [0.15, 0.2) is 53.9 Å². The topological polar surface area (TPSA) is 75.2 Å². The van der Waals surface area contributed by atoms with Crippen LogP contribution in [-0.4, -0.2) is 27.4 Å². The number of rotatable bonds is 6. The van der Waals surface area contributed by atoms with E-state index >= 15 is 0 Å². The molecule has 2 amide bonds. The lowest BCUT2D eigenvalue weighted by atomic mass is 9.94. The Morgan fingerprint density at radius 2 is 1.78 bits per heavy atom. The average molecular weight is 449 g/mol. The fraction of sp³-hybridized carbons (Fsp3) is 0.360. The Hall–Kier alpha value is -3.06. The predicted octanol–water partition coefficient (Wildman–Crippen LogP) is 4.99. The molecule has 1 aromatic heterocycles. The van der Waals surface area contributed by atoms with Crippen molar-refractivity contribution in [2.24, 2.45) is 0 Å². The molecular formula is C25H28N4O2S. The van der Waals surface area contributed by atoms with Crippen molar-refractivity contribution in [3.05, 3.63) is 76.3 Å². The van der Waals surface area contributed by atoms with Crippen molar-refractivity contribution in [1.82, 2.24) is 14.9 Å². The largest absolute Gasteiger partial charge is 0.351 e. The Balaban J connectivity index is 1.81. The van der Waals surface area contributed by atoms with Crippen molar-refractivity contribution >= 4 is 29.0 Å². The van der Waals surface area contributed by atoms with E-state index < -0.39 is 6.04 Å². The molecule has 0 radical (unpaired) electrons. The van der Waals surface area contributed by atoms with E-state index in [-0.39, 0.29) is 23.6 Å². The van der Waals surface area contributed by atoms with E-state index in [1.54, 1.807) is 10.3 Å². The Bertz CT molecular complexity index is 1060. The van der Waals surface area contributed by atoms with E-state index in [9.17, 15) is 9.59 Å². The number of anilines is 1. The molecule has 1 heterocycles. The number of benzene rings is 2. The van der Waals surface area contributed by atoms with Crippen LogP contribution in [0.3, 0.4) is 0 Å². The van der Waals surface area contributed by atoms with Crippen LogP contribution in [0.25, 0.3) is 0 Å². The number of nitrogens with one attached hydrogen (secondary N) is 1. The maximum absolute atomic E-state index is 13.8. The first-order valence-electron chi connectivity index (χ1n) is 11.1. The van der Waals surface area contributed by atoms with Crippen molar-refractivity contribution < 1.29 is 9.59 Å². The first-order valence-corrected chi connectivity index (χ1v) is 11.9. The van der Waals surface area contributed by atoms with Gasteiger partial charge in [0.2, 0.25) is 5.91 Å². The minimum atomic E-state index is -0.812. The van der Waals surface area contributed by atoms with Crippen molar-refractivity contribution in [3.63, 3.8) is 0 Å². The minimum absolute atomic E-state index is 0.138. The monoisotopic (exact) mass is 448 g/mol. The third-order valence-electron chi connectivity index (χ3n) is 6.21. The lowest BCUT2D eigenvalue weighted by molar-refractivity contribution is -0.123. The Morgan fingerprint density at radius 3 is 2.47 bits per heavy atom. The molecule has 0 aliphatic heterocycles. The van der Waals surface area contributed by atoms with Crippen LogP contribution in [-0.2, 0) is 4.79 Å². The summed E-state index contributed by atoms with van der Waals surface area (Å²) in [5.41, 5.74) is 3.71. The van der Waals surface area contributed by atoms with E-state index in [2.05, 4.69) is 14.9 Å². The van der Waals surface area contributed by atoms with Gasteiger partial charge >= 0.3 is 0 Å². The molecule has 1 aliphatic rings. The maximum atomic E-state index is 13.8. The van der Waals surface area contributed by atoms with Crippen LogP contribution >= 0.6 is 11.5 Å². The molecule has 4 rings (SSSR count). The number of amides is 2. The molecular weight excluding hydrogens is 420 g/mol. The Labute approximate surface area is 192 Å². The van der Waals surface area contributed by atoms with Crippen molar-refractivity contribution in [1.29, 1.82) is 0 Å². The first-order chi connectivity index (χ1) is 15.6. The summed E-state index contributed by atoms with van der Waals surface area (Å²) in [5.74, 6) is -0.499. The molecule has 0 spiro atoms. The molecule has 1 aliphatic carbocycles. The Morgan fingerprint density at radius 1 is 1.03 bits per heavy atom. The van der Waals surface area contributed by atoms with Crippen molar-refractivity contribution in [2.45, 2.75) is 58.0 Å². The molecule has 166 valence electrons. The fourth-order valence-corrected chi connectivity index (χ4v) is 4.75. The highest BCUT2D eigenvalue weighted by atomic mass is 32.1. The molecule has 1 atom stereocenters. The quantitative estimate of drug-likeness (QED) is 0.576. The van der Waals surface area contributed by atoms with Gasteiger partial charge in [-0.25, -0.2) is 0 Å². The predicted molar refractivity (Wildman–Crippen MR) is 127 cm³/mol. The van der Waals surface area contributed by atoms with Gasteiger partial charge in [0, 0.05) is 17.1 Å². The normalized spacial score (nSPS) is 15.2. The van der Waals surface area contributed by atoms with Gasteiger partial charge in [-0.05, 0) is 61.0 Å². The van der Waals surface area contributed by atoms with Gasteiger partial charge in [-0.1, -0.05) is 66.2 Å². The SMILES string of the molecule is Cc1cccc(N(C(=O)c2csnn2)[C@@H](C(=O)NC2CCCCC2)c2ccccc2)c1C. The van der Waals surface area contributed by atoms with E-state index in [1.165, 1.54) is 6.42 Å². The number of aromatic nitrogens is 2.